The molecule has 0 radical (unpaired) electrons. The molecule has 1 amide bonds. The van der Waals surface area contributed by atoms with Crippen LogP contribution in [0.3, 0.4) is 0 Å². The third kappa shape index (κ3) is 2.68. The van der Waals surface area contributed by atoms with Gasteiger partial charge in [0.2, 0.25) is 0 Å². The number of hydrogen-bond donors (Lipinski definition) is 1. The average Bonchev–Trinajstić information content (AvgIpc) is 3.01. The van der Waals surface area contributed by atoms with E-state index in [1.54, 1.807) is 6.20 Å². The number of carbonyl (C=O) groups excluding carboxylic acids is 1. The lowest BCUT2D eigenvalue weighted by Gasteiger charge is -2.20. The Kier molecular flexibility index (Phi) is 3.78. The average molecular weight is 338 g/mol. The van der Waals surface area contributed by atoms with E-state index in [0.29, 0.717) is 5.01 Å². The molecule has 24 heavy (non-hydrogen) atoms. The van der Waals surface area contributed by atoms with Gasteiger partial charge in [-0.05, 0) is 37.7 Å². The van der Waals surface area contributed by atoms with Crippen LogP contribution in [0.2, 0.25) is 0 Å². The van der Waals surface area contributed by atoms with E-state index in [4.69, 9.17) is 0 Å². The first kappa shape index (κ1) is 15.2. The van der Waals surface area contributed by atoms with Crippen molar-refractivity contribution in [3.8, 4) is 0 Å². The first-order valence-electron chi connectivity index (χ1n) is 7.94. The Morgan fingerprint density at radius 3 is 3.08 bits per heavy atom. The van der Waals surface area contributed by atoms with Gasteiger partial charge in [0.05, 0.1) is 16.9 Å². The first-order chi connectivity index (χ1) is 11.6. The predicted octanol–water partition coefficient (Wildman–Crippen LogP) is 3.24. The molecule has 0 unspecified atom stereocenters. The van der Waals surface area contributed by atoms with Gasteiger partial charge in [-0.15, -0.1) is 11.3 Å². The van der Waals surface area contributed by atoms with E-state index in [1.165, 1.54) is 16.2 Å². The maximum Gasteiger partial charge on any atom is 0.284 e. The minimum absolute atomic E-state index is 0.147. The van der Waals surface area contributed by atoms with Crippen molar-refractivity contribution in [2.45, 2.75) is 19.9 Å². The molecule has 0 spiro atoms. The molecular weight excluding hydrogens is 320 g/mol. The molecule has 122 valence electrons. The maximum absolute atomic E-state index is 12.6. The van der Waals surface area contributed by atoms with Crippen molar-refractivity contribution in [2.75, 3.05) is 18.9 Å². The van der Waals surface area contributed by atoms with Gasteiger partial charge < -0.3 is 10.2 Å². The summed E-state index contributed by atoms with van der Waals surface area (Å²) in [6.07, 6.45) is 2.68. The van der Waals surface area contributed by atoms with E-state index < -0.39 is 0 Å². The number of pyridine rings is 1. The lowest BCUT2D eigenvalue weighted by Crippen LogP contribution is -2.25. The monoisotopic (exact) mass is 338 g/mol. The Labute approximate surface area is 144 Å². The fraction of sp³-hybridized carbons (Fsp3) is 0.278. The molecule has 2 aromatic heterocycles. The van der Waals surface area contributed by atoms with Crippen LogP contribution in [0.4, 0.5) is 5.69 Å². The molecule has 4 rings (SSSR count). The number of fused-ring (bicyclic) bond motifs is 2. The fourth-order valence-electron chi connectivity index (χ4n) is 3.02. The molecule has 0 bridgehead atoms. The minimum Gasteiger partial charge on any atom is -0.319 e. The molecular formula is C18H18N4OS. The predicted molar refractivity (Wildman–Crippen MR) is 96.6 cm³/mol. The highest BCUT2D eigenvalue weighted by atomic mass is 32.1. The SMILES string of the molecule is Cc1ccc(NC(=O)c2nc3c(s2)CN(C)CC3)c2cccnc12. The van der Waals surface area contributed by atoms with Gasteiger partial charge in [-0.25, -0.2) is 4.98 Å². The summed E-state index contributed by atoms with van der Waals surface area (Å²) >= 11 is 1.49. The zero-order valence-corrected chi connectivity index (χ0v) is 14.5. The second-order valence-corrected chi connectivity index (χ2v) is 7.24. The van der Waals surface area contributed by atoms with Crippen LogP contribution in [0.1, 0.15) is 25.9 Å². The standard InChI is InChI=1S/C18H18N4OS/c1-11-5-6-13(12-4-3-8-19-16(11)12)20-17(23)18-21-14-7-9-22(2)10-15(14)24-18/h3-6,8H,7,9-10H2,1-2H3,(H,20,23). The smallest absolute Gasteiger partial charge is 0.284 e. The van der Waals surface area contributed by atoms with Crippen LogP contribution in [-0.2, 0) is 13.0 Å². The highest BCUT2D eigenvalue weighted by Crippen LogP contribution is 2.27. The highest BCUT2D eigenvalue weighted by molar-refractivity contribution is 7.13. The lowest BCUT2D eigenvalue weighted by molar-refractivity contribution is 0.102. The summed E-state index contributed by atoms with van der Waals surface area (Å²) in [6, 6.07) is 7.77. The Bertz CT molecular complexity index is 934. The van der Waals surface area contributed by atoms with E-state index in [2.05, 4.69) is 27.2 Å². The van der Waals surface area contributed by atoms with Gasteiger partial charge in [0.15, 0.2) is 5.01 Å². The van der Waals surface area contributed by atoms with E-state index >= 15 is 0 Å². The van der Waals surface area contributed by atoms with Crippen molar-refractivity contribution in [1.29, 1.82) is 0 Å². The third-order valence-electron chi connectivity index (χ3n) is 4.34. The van der Waals surface area contributed by atoms with Crippen molar-refractivity contribution in [3.63, 3.8) is 0 Å². The third-order valence-corrected chi connectivity index (χ3v) is 5.42. The van der Waals surface area contributed by atoms with E-state index in [-0.39, 0.29) is 5.91 Å². The summed E-state index contributed by atoms with van der Waals surface area (Å²) in [5.74, 6) is -0.147. The molecule has 1 aliphatic heterocycles. The van der Waals surface area contributed by atoms with Gasteiger partial charge in [-0.2, -0.15) is 0 Å². The van der Waals surface area contributed by atoms with Crippen LogP contribution in [0.25, 0.3) is 10.9 Å². The van der Waals surface area contributed by atoms with Gasteiger partial charge in [-0.1, -0.05) is 6.07 Å². The first-order valence-corrected chi connectivity index (χ1v) is 8.76. The van der Waals surface area contributed by atoms with Gasteiger partial charge in [0, 0.05) is 36.0 Å². The Morgan fingerprint density at radius 1 is 1.33 bits per heavy atom. The van der Waals surface area contributed by atoms with Crippen molar-refractivity contribution in [1.82, 2.24) is 14.9 Å². The summed E-state index contributed by atoms with van der Waals surface area (Å²) in [5, 5.41) is 4.49. The maximum atomic E-state index is 12.6. The molecule has 1 aliphatic rings. The number of benzene rings is 1. The Morgan fingerprint density at radius 2 is 2.21 bits per heavy atom. The number of hydrogen-bond acceptors (Lipinski definition) is 5. The van der Waals surface area contributed by atoms with Crippen LogP contribution < -0.4 is 5.32 Å². The molecule has 1 N–H and O–H groups in total. The molecule has 0 aliphatic carbocycles. The number of rotatable bonds is 2. The zero-order chi connectivity index (χ0) is 16.7. The van der Waals surface area contributed by atoms with Gasteiger partial charge in [-0.3, -0.25) is 9.78 Å². The molecule has 5 nitrogen and oxygen atoms in total. The largest absolute Gasteiger partial charge is 0.319 e. The quantitative estimate of drug-likeness (QED) is 0.779. The Balaban J connectivity index is 1.64. The molecule has 0 fully saturated rings. The van der Waals surface area contributed by atoms with Crippen LogP contribution in [0, 0.1) is 6.92 Å². The summed E-state index contributed by atoms with van der Waals surface area (Å²) in [5.41, 5.74) is 3.85. The number of aryl methyl sites for hydroxylation is 1. The van der Waals surface area contributed by atoms with Crippen LogP contribution in [0.15, 0.2) is 30.5 Å². The zero-order valence-electron chi connectivity index (χ0n) is 13.7. The summed E-state index contributed by atoms with van der Waals surface area (Å²) in [7, 11) is 2.09. The van der Waals surface area contributed by atoms with Crippen LogP contribution in [-0.4, -0.2) is 34.4 Å². The number of carbonyl (C=O) groups is 1. The number of nitrogens with one attached hydrogen (secondary N) is 1. The number of aromatic nitrogens is 2. The van der Waals surface area contributed by atoms with Gasteiger partial charge in [0.1, 0.15) is 0 Å². The minimum atomic E-state index is -0.147. The Hall–Kier alpha value is -2.31. The summed E-state index contributed by atoms with van der Waals surface area (Å²) < 4.78 is 0. The van der Waals surface area contributed by atoms with Gasteiger partial charge in [0.25, 0.3) is 5.91 Å². The van der Waals surface area contributed by atoms with Crippen molar-refractivity contribution in [2.24, 2.45) is 0 Å². The topological polar surface area (TPSA) is 58.1 Å². The summed E-state index contributed by atoms with van der Waals surface area (Å²) in [6.45, 7) is 3.88. The highest BCUT2D eigenvalue weighted by Gasteiger charge is 2.21. The lowest BCUT2D eigenvalue weighted by atomic mass is 10.1. The number of thiazole rings is 1. The molecule has 0 saturated carbocycles. The van der Waals surface area contributed by atoms with Crippen molar-refractivity contribution < 1.29 is 4.79 Å². The normalized spacial score (nSPS) is 14.6. The van der Waals surface area contributed by atoms with Crippen molar-refractivity contribution >= 4 is 33.8 Å². The number of nitrogens with zero attached hydrogens (tertiary/aromatic N) is 3. The molecule has 1 aromatic carbocycles. The molecule has 6 heteroatoms. The van der Waals surface area contributed by atoms with Crippen molar-refractivity contribution in [3.05, 3.63) is 51.6 Å². The second kappa shape index (κ2) is 5.96. The van der Waals surface area contributed by atoms with E-state index in [0.717, 1.165) is 47.4 Å². The number of anilines is 1. The van der Waals surface area contributed by atoms with Gasteiger partial charge >= 0.3 is 0 Å². The number of likely N-dealkylation sites (N-methyl/N-ethyl adjacent to an activating group) is 1. The van der Waals surface area contributed by atoms with Crippen LogP contribution in [0.5, 0.6) is 0 Å². The molecule has 3 aromatic rings. The fourth-order valence-corrected chi connectivity index (χ4v) is 4.10. The second-order valence-electron chi connectivity index (χ2n) is 6.16. The number of amides is 1. The van der Waals surface area contributed by atoms with E-state index in [9.17, 15) is 4.79 Å². The summed E-state index contributed by atoms with van der Waals surface area (Å²) in [4.78, 5) is 25.1. The molecule has 0 saturated heterocycles. The molecule has 3 heterocycles. The van der Waals surface area contributed by atoms with E-state index in [1.807, 2.05) is 31.2 Å². The van der Waals surface area contributed by atoms with Crippen LogP contribution >= 0.6 is 11.3 Å². The molecule has 0 atom stereocenters.